The topological polar surface area (TPSA) is 52.7 Å². The number of fused-ring (bicyclic) bond motifs is 1. The molecule has 1 aromatic rings. The molecule has 1 aromatic carbocycles. The van der Waals surface area contributed by atoms with Crippen LogP contribution in [0.25, 0.3) is 0 Å². The predicted molar refractivity (Wildman–Crippen MR) is 90.6 cm³/mol. The van der Waals surface area contributed by atoms with Crippen molar-refractivity contribution in [3.63, 3.8) is 0 Å². The number of benzene rings is 1. The Balaban J connectivity index is 1.91. The Morgan fingerprint density at radius 1 is 1.14 bits per heavy atom. The van der Waals surface area contributed by atoms with E-state index in [4.69, 9.17) is 12.2 Å². The molecule has 0 saturated carbocycles. The van der Waals surface area contributed by atoms with Crippen LogP contribution in [0.15, 0.2) is 29.2 Å². The van der Waals surface area contributed by atoms with E-state index in [1.54, 1.807) is 0 Å². The number of para-hydroxylation sites is 1. The average molecular weight is 335 g/mol. The third-order valence-electron chi connectivity index (χ3n) is 3.90. The Morgan fingerprint density at radius 2 is 1.73 bits per heavy atom. The van der Waals surface area contributed by atoms with Gasteiger partial charge in [-0.2, -0.15) is 0 Å². The van der Waals surface area contributed by atoms with Gasteiger partial charge < -0.3 is 5.32 Å². The molecule has 0 spiro atoms. The van der Waals surface area contributed by atoms with Crippen LogP contribution in [-0.2, 0) is 9.59 Å². The quantitative estimate of drug-likeness (QED) is 0.677. The first-order valence-electron chi connectivity index (χ1n) is 7.27. The zero-order valence-electron chi connectivity index (χ0n) is 12.4. The molecule has 2 aliphatic rings. The summed E-state index contributed by atoms with van der Waals surface area (Å²) in [6.45, 7) is 4.69. The zero-order chi connectivity index (χ0) is 15.9. The maximum absolute atomic E-state index is 12.7. The summed E-state index contributed by atoms with van der Waals surface area (Å²) >= 11 is 6.81. The maximum atomic E-state index is 12.7. The van der Waals surface area contributed by atoms with Crippen molar-refractivity contribution in [1.82, 2.24) is 9.80 Å². The number of carbonyl (C=O) groups is 2. The van der Waals surface area contributed by atoms with Crippen molar-refractivity contribution < 1.29 is 9.59 Å². The summed E-state index contributed by atoms with van der Waals surface area (Å²) in [6, 6.07) is 7.84. The molecule has 2 heterocycles. The SMILES string of the molecule is CCN1C(=O)C(C2Nc3ccccc3S2)C(=O)N(CC)C1=S. The molecule has 0 aliphatic carbocycles. The van der Waals surface area contributed by atoms with Crippen molar-refractivity contribution in [1.29, 1.82) is 0 Å². The summed E-state index contributed by atoms with van der Waals surface area (Å²) < 4.78 is 0. The standard InChI is InChI=1S/C15H17N3O2S2/c1-3-17-13(19)11(14(20)18(4-2)15(17)21)12-16-9-7-5-6-8-10(9)22-12/h5-8,11-12,16H,3-4H2,1-2H3. The van der Waals surface area contributed by atoms with Crippen LogP contribution >= 0.6 is 24.0 Å². The van der Waals surface area contributed by atoms with Crippen LogP contribution in [-0.4, -0.2) is 45.2 Å². The summed E-state index contributed by atoms with van der Waals surface area (Å²) in [5.74, 6) is -1.16. The lowest BCUT2D eigenvalue weighted by Gasteiger charge is -2.40. The first-order valence-corrected chi connectivity index (χ1v) is 8.56. The third kappa shape index (κ3) is 2.28. The number of thioether (sulfide) groups is 1. The number of nitrogens with zero attached hydrogens (tertiary/aromatic N) is 2. The van der Waals surface area contributed by atoms with E-state index >= 15 is 0 Å². The summed E-state index contributed by atoms with van der Waals surface area (Å²) in [5.41, 5.74) is 0.970. The fraction of sp³-hybridized carbons (Fsp3) is 0.400. The highest BCUT2D eigenvalue weighted by Crippen LogP contribution is 2.42. The molecule has 1 fully saturated rings. The Hall–Kier alpha value is -1.60. The Kier molecular flexibility index (Phi) is 4.10. The van der Waals surface area contributed by atoms with Crippen molar-refractivity contribution in [3.05, 3.63) is 24.3 Å². The van der Waals surface area contributed by atoms with Crippen molar-refractivity contribution in [2.24, 2.45) is 5.92 Å². The number of thiocarbonyl (C=S) groups is 1. The molecule has 7 heteroatoms. The van der Waals surface area contributed by atoms with E-state index in [0.29, 0.717) is 18.2 Å². The third-order valence-corrected chi connectivity index (χ3v) is 5.59. The van der Waals surface area contributed by atoms with Gasteiger partial charge in [0, 0.05) is 23.7 Å². The second-order valence-electron chi connectivity index (χ2n) is 5.10. The van der Waals surface area contributed by atoms with E-state index in [1.807, 2.05) is 38.1 Å². The van der Waals surface area contributed by atoms with Crippen LogP contribution in [0.5, 0.6) is 0 Å². The fourth-order valence-electron chi connectivity index (χ4n) is 2.78. The maximum Gasteiger partial charge on any atom is 0.244 e. The molecule has 1 atom stereocenters. The van der Waals surface area contributed by atoms with Crippen LogP contribution in [0.1, 0.15) is 13.8 Å². The molecule has 1 saturated heterocycles. The largest absolute Gasteiger partial charge is 0.371 e. The van der Waals surface area contributed by atoms with Gasteiger partial charge in [-0.15, -0.1) is 0 Å². The highest BCUT2D eigenvalue weighted by molar-refractivity contribution is 8.00. The predicted octanol–water partition coefficient (Wildman–Crippen LogP) is 2.14. The van der Waals surface area contributed by atoms with E-state index in [2.05, 4.69) is 5.32 Å². The first-order chi connectivity index (χ1) is 10.6. The molecular formula is C15H17N3O2S2. The monoisotopic (exact) mass is 335 g/mol. The first kappa shape index (κ1) is 15.3. The van der Waals surface area contributed by atoms with Crippen molar-refractivity contribution >= 4 is 46.6 Å². The van der Waals surface area contributed by atoms with Gasteiger partial charge in [0.2, 0.25) is 11.8 Å². The minimum Gasteiger partial charge on any atom is -0.371 e. The molecule has 2 amide bonds. The smallest absolute Gasteiger partial charge is 0.244 e. The lowest BCUT2D eigenvalue weighted by atomic mass is 10.0. The van der Waals surface area contributed by atoms with Gasteiger partial charge in [-0.05, 0) is 38.2 Å². The number of hydrogen-bond acceptors (Lipinski definition) is 5. The van der Waals surface area contributed by atoms with Crippen LogP contribution in [0, 0.1) is 5.92 Å². The summed E-state index contributed by atoms with van der Waals surface area (Å²) in [5, 5.41) is 3.32. The van der Waals surface area contributed by atoms with Gasteiger partial charge in [-0.25, -0.2) is 0 Å². The van der Waals surface area contributed by atoms with Crippen LogP contribution in [0.2, 0.25) is 0 Å². The molecule has 1 unspecified atom stereocenters. The lowest BCUT2D eigenvalue weighted by molar-refractivity contribution is -0.146. The molecule has 2 aliphatic heterocycles. The van der Waals surface area contributed by atoms with Crippen molar-refractivity contribution in [2.45, 2.75) is 24.1 Å². The van der Waals surface area contributed by atoms with Crippen LogP contribution < -0.4 is 5.32 Å². The van der Waals surface area contributed by atoms with Crippen molar-refractivity contribution in [2.75, 3.05) is 18.4 Å². The van der Waals surface area contributed by atoms with E-state index < -0.39 is 5.92 Å². The molecule has 22 heavy (non-hydrogen) atoms. The lowest BCUT2D eigenvalue weighted by Crippen LogP contribution is -2.62. The van der Waals surface area contributed by atoms with Gasteiger partial charge in [-0.1, -0.05) is 23.9 Å². The molecule has 116 valence electrons. The average Bonchev–Trinajstić information content (AvgIpc) is 2.91. The van der Waals surface area contributed by atoms with E-state index in [9.17, 15) is 9.59 Å². The van der Waals surface area contributed by atoms with Crippen molar-refractivity contribution in [3.8, 4) is 0 Å². The van der Waals surface area contributed by atoms with Gasteiger partial charge in [0.05, 0.1) is 5.37 Å². The van der Waals surface area contributed by atoms with Gasteiger partial charge in [0.1, 0.15) is 5.92 Å². The second-order valence-corrected chi connectivity index (χ2v) is 6.65. The van der Waals surface area contributed by atoms with Crippen LogP contribution in [0.4, 0.5) is 5.69 Å². The highest BCUT2D eigenvalue weighted by Gasteiger charge is 2.48. The normalized spacial score (nSPS) is 22.1. The summed E-state index contributed by atoms with van der Waals surface area (Å²) in [7, 11) is 0. The molecule has 0 radical (unpaired) electrons. The number of amides is 2. The molecule has 0 aromatic heterocycles. The number of hydrogen-bond donors (Lipinski definition) is 1. The zero-order valence-corrected chi connectivity index (χ0v) is 14.0. The second kappa shape index (κ2) is 5.89. The molecule has 0 bridgehead atoms. The Labute approximate surface area is 139 Å². The molecule has 5 nitrogen and oxygen atoms in total. The highest BCUT2D eigenvalue weighted by atomic mass is 32.2. The van der Waals surface area contributed by atoms with Gasteiger partial charge in [0.15, 0.2) is 5.11 Å². The number of nitrogens with one attached hydrogen (secondary N) is 1. The van der Waals surface area contributed by atoms with Crippen LogP contribution in [0.3, 0.4) is 0 Å². The van der Waals surface area contributed by atoms with Gasteiger partial charge >= 0.3 is 0 Å². The number of anilines is 1. The molecular weight excluding hydrogens is 318 g/mol. The number of rotatable bonds is 3. The number of carbonyl (C=O) groups excluding carboxylic acids is 2. The summed E-state index contributed by atoms with van der Waals surface area (Å²) in [4.78, 5) is 29.5. The van der Waals surface area contributed by atoms with E-state index in [0.717, 1.165) is 10.6 Å². The van der Waals surface area contributed by atoms with E-state index in [-0.39, 0.29) is 17.2 Å². The molecule has 1 N–H and O–H groups in total. The minimum absolute atomic E-state index is 0.208. The summed E-state index contributed by atoms with van der Waals surface area (Å²) in [6.07, 6.45) is 0. The van der Waals surface area contributed by atoms with Gasteiger partial charge in [-0.3, -0.25) is 19.4 Å². The minimum atomic E-state index is -0.746. The fourth-order valence-corrected chi connectivity index (χ4v) is 4.45. The van der Waals surface area contributed by atoms with Gasteiger partial charge in [0.25, 0.3) is 0 Å². The van der Waals surface area contributed by atoms with E-state index in [1.165, 1.54) is 21.6 Å². The Morgan fingerprint density at radius 3 is 2.27 bits per heavy atom. The Bertz CT molecular complexity index is 598. The molecule has 3 rings (SSSR count).